The Morgan fingerprint density at radius 1 is 1.38 bits per heavy atom. The number of nitro groups is 1. The lowest BCUT2D eigenvalue weighted by Gasteiger charge is -2.14. The molecule has 1 heterocycles. The van der Waals surface area contributed by atoms with Crippen LogP contribution in [-0.2, 0) is 11.3 Å². The van der Waals surface area contributed by atoms with Gasteiger partial charge in [-0.2, -0.15) is 0 Å². The molecule has 1 atom stereocenters. The molecule has 2 amide bonds. The van der Waals surface area contributed by atoms with Crippen LogP contribution in [0.25, 0.3) is 0 Å². The normalized spacial score (nSPS) is 11.5. The van der Waals surface area contributed by atoms with Gasteiger partial charge in [-0.25, -0.2) is 0 Å². The Morgan fingerprint density at radius 2 is 2.12 bits per heavy atom. The van der Waals surface area contributed by atoms with Crippen molar-refractivity contribution in [3.8, 4) is 5.75 Å². The second-order valence-corrected chi connectivity index (χ2v) is 5.00. The maximum Gasteiger partial charge on any atom is 0.270 e. The smallest absolute Gasteiger partial charge is 0.270 e. The second kappa shape index (κ2) is 7.27. The Labute approximate surface area is 136 Å². The molecule has 0 saturated heterocycles. The molecule has 0 aliphatic rings. The molecule has 9 nitrogen and oxygen atoms in total. The highest BCUT2D eigenvalue weighted by atomic mass is 16.6. The van der Waals surface area contributed by atoms with Gasteiger partial charge in [-0.1, -0.05) is 0 Å². The number of nitrogens with zero attached hydrogens (tertiary/aromatic N) is 1. The molecule has 2 rings (SSSR count). The predicted molar refractivity (Wildman–Crippen MR) is 82.2 cm³/mol. The van der Waals surface area contributed by atoms with Gasteiger partial charge < -0.3 is 20.2 Å². The Kier molecular flexibility index (Phi) is 5.15. The van der Waals surface area contributed by atoms with Crippen molar-refractivity contribution in [2.24, 2.45) is 0 Å². The van der Waals surface area contributed by atoms with Crippen LogP contribution >= 0.6 is 0 Å². The molecule has 9 heteroatoms. The standard InChI is InChI=1S/C15H15N3O6/c1-9(17-15(21)10-4-5-24-8-10)14(20)16-7-11-6-12(18(22)23)2-3-13(11)19/h2-6,8-9,19H,7H2,1H3,(H,16,20)(H,17,21)/t9-/m0/s1. The molecule has 0 saturated carbocycles. The van der Waals surface area contributed by atoms with Crippen molar-refractivity contribution in [2.45, 2.75) is 19.5 Å². The summed E-state index contributed by atoms with van der Waals surface area (Å²) in [5.74, 6) is -1.14. The molecule has 1 aromatic heterocycles. The fourth-order valence-electron chi connectivity index (χ4n) is 1.90. The van der Waals surface area contributed by atoms with Crippen LogP contribution in [0.2, 0.25) is 0 Å². The number of non-ortho nitro benzene ring substituents is 1. The number of aromatic hydroxyl groups is 1. The summed E-state index contributed by atoms with van der Waals surface area (Å²) in [5, 5.41) is 25.4. The highest BCUT2D eigenvalue weighted by Gasteiger charge is 2.18. The molecular formula is C15H15N3O6. The number of carbonyl (C=O) groups excluding carboxylic acids is 2. The van der Waals surface area contributed by atoms with E-state index in [2.05, 4.69) is 10.6 Å². The van der Waals surface area contributed by atoms with Crippen molar-refractivity contribution in [3.05, 3.63) is 58.0 Å². The minimum absolute atomic E-state index is 0.113. The van der Waals surface area contributed by atoms with Gasteiger partial charge in [0.2, 0.25) is 5.91 Å². The molecule has 0 unspecified atom stereocenters. The number of hydrogen-bond acceptors (Lipinski definition) is 6. The number of hydrogen-bond donors (Lipinski definition) is 3. The van der Waals surface area contributed by atoms with E-state index in [4.69, 9.17) is 4.42 Å². The lowest BCUT2D eigenvalue weighted by atomic mass is 10.1. The van der Waals surface area contributed by atoms with Gasteiger partial charge in [-0.05, 0) is 19.1 Å². The SMILES string of the molecule is C[C@H](NC(=O)c1ccoc1)C(=O)NCc1cc([N+](=O)[O-])ccc1O. The van der Waals surface area contributed by atoms with Gasteiger partial charge in [-0.15, -0.1) is 0 Å². The van der Waals surface area contributed by atoms with Crippen LogP contribution in [0, 0.1) is 10.1 Å². The van der Waals surface area contributed by atoms with Crippen LogP contribution in [0.4, 0.5) is 5.69 Å². The summed E-state index contributed by atoms with van der Waals surface area (Å²) in [7, 11) is 0. The summed E-state index contributed by atoms with van der Waals surface area (Å²) in [5.41, 5.74) is 0.287. The lowest BCUT2D eigenvalue weighted by molar-refractivity contribution is -0.384. The Bertz CT molecular complexity index is 757. The monoisotopic (exact) mass is 333 g/mol. The molecule has 0 fully saturated rings. The van der Waals surface area contributed by atoms with Crippen LogP contribution in [0.15, 0.2) is 41.2 Å². The zero-order valence-electron chi connectivity index (χ0n) is 12.7. The number of phenols is 1. The Balaban J connectivity index is 1.94. The first-order valence-electron chi connectivity index (χ1n) is 6.95. The van der Waals surface area contributed by atoms with Crippen LogP contribution in [0.5, 0.6) is 5.75 Å². The van der Waals surface area contributed by atoms with Crippen molar-refractivity contribution in [3.63, 3.8) is 0 Å². The van der Waals surface area contributed by atoms with Crippen molar-refractivity contribution >= 4 is 17.5 Å². The second-order valence-electron chi connectivity index (χ2n) is 5.00. The quantitative estimate of drug-likeness (QED) is 0.539. The average Bonchev–Trinajstić information content (AvgIpc) is 3.08. The number of amides is 2. The van der Waals surface area contributed by atoms with E-state index in [1.165, 1.54) is 37.6 Å². The molecule has 1 aromatic carbocycles. The minimum Gasteiger partial charge on any atom is -0.508 e. The number of benzene rings is 1. The number of nitro benzene ring substituents is 1. The molecule has 0 radical (unpaired) electrons. The first-order chi connectivity index (χ1) is 11.4. The first kappa shape index (κ1) is 17.0. The van der Waals surface area contributed by atoms with E-state index in [0.29, 0.717) is 0 Å². The van der Waals surface area contributed by atoms with Crippen molar-refractivity contribution in [1.82, 2.24) is 10.6 Å². The number of rotatable bonds is 6. The van der Waals surface area contributed by atoms with Crippen molar-refractivity contribution in [2.75, 3.05) is 0 Å². The van der Waals surface area contributed by atoms with E-state index in [0.717, 1.165) is 6.07 Å². The summed E-state index contributed by atoms with van der Waals surface area (Å²) in [6.45, 7) is 1.37. The van der Waals surface area contributed by atoms with Gasteiger partial charge in [0.25, 0.3) is 11.6 Å². The van der Waals surface area contributed by atoms with Crippen LogP contribution in [-0.4, -0.2) is 27.9 Å². The Hall–Kier alpha value is -3.36. The summed E-state index contributed by atoms with van der Waals surface area (Å²) >= 11 is 0. The minimum atomic E-state index is -0.840. The largest absolute Gasteiger partial charge is 0.508 e. The summed E-state index contributed by atoms with van der Waals surface area (Å²) in [6, 6.07) is 4.14. The highest BCUT2D eigenvalue weighted by Crippen LogP contribution is 2.22. The zero-order valence-corrected chi connectivity index (χ0v) is 12.7. The third-order valence-corrected chi connectivity index (χ3v) is 3.25. The van der Waals surface area contributed by atoms with E-state index in [1.807, 2.05) is 0 Å². The molecule has 0 bridgehead atoms. The van der Waals surface area contributed by atoms with Gasteiger partial charge in [-0.3, -0.25) is 19.7 Å². The van der Waals surface area contributed by atoms with Crippen molar-refractivity contribution < 1.29 is 24.0 Å². The maximum absolute atomic E-state index is 12.0. The molecular weight excluding hydrogens is 318 g/mol. The predicted octanol–water partition coefficient (Wildman–Crippen LogP) is 1.33. The molecule has 126 valence electrons. The summed E-state index contributed by atoms with van der Waals surface area (Å²) < 4.78 is 4.78. The van der Waals surface area contributed by atoms with Gasteiger partial charge in [0.15, 0.2) is 0 Å². The van der Waals surface area contributed by atoms with Crippen LogP contribution in [0.1, 0.15) is 22.8 Å². The average molecular weight is 333 g/mol. The number of phenolic OH excluding ortho intramolecular Hbond substituents is 1. The van der Waals surface area contributed by atoms with E-state index in [1.54, 1.807) is 0 Å². The van der Waals surface area contributed by atoms with E-state index < -0.39 is 22.8 Å². The topological polar surface area (TPSA) is 135 Å². The van der Waals surface area contributed by atoms with E-state index >= 15 is 0 Å². The number of furan rings is 1. The highest BCUT2D eigenvalue weighted by molar-refractivity contribution is 5.97. The summed E-state index contributed by atoms with van der Waals surface area (Å²) in [4.78, 5) is 33.9. The third kappa shape index (κ3) is 4.09. The summed E-state index contributed by atoms with van der Waals surface area (Å²) in [6.07, 6.45) is 2.59. The van der Waals surface area contributed by atoms with Crippen LogP contribution in [0.3, 0.4) is 0 Å². The maximum atomic E-state index is 12.0. The first-order valence-corrected chi connectivity index (χ1v) is 6.95. The van der Waals surface area contributed by atoms with Crippen LogP contribution < -0.4 is 10.6 Å². The lowest BCUT2D eigenvalue weighted by Crippen LogP contribution is -2.44. The fourth-order valence-corrected chi connectivity index (χ4v) is 1.90. The molecule has 0 aliphatic heterocycles. The number of carbonyl (C=O) groups is 2. The zero-order chi connectivity index (χ0) is 17.7. The Morgan fingerprint density at radius 3 is 2.75 bits per heavy atom. The van der Waals surface area contributed by atoms with E-state index in [9.17, 15) is 24.8 Å². The molecule has 0 aliphatic carbocycles. The van der Waals surface area contributed by atoms with Gasteiger partial charge in [0.1, 0.15) is 18.1 Å². The molecule has 24 heavy (non-hydrogen) atoms. The van der Waals surface area contributed by atoms with Crippen molar-refractivity contribution in [1.29, 1.82) is 0 Å². The fraction of sp³-hybridized carbons (Fsp3) is 0.200. The van der Waals surface area contributed by atoms with Gasteiger partial charge >= 0.3 is 0 Å². The molecule has 0 spiro atoms. The number of nitrogens with one attached hydrogen (secondary N) is 2. The molecule has 3 N–H and O–H groups in total. The third-order valence-electron chi connectivity index (χ3n) is 3.25. The molecule has 2 aromatic rings. The van der Waals surface area contributed by atoms with E-state index in [-0.39, 0.29) is 29.1 Å². The van der Waals surface area contributed by atoms with Gasteiger partial charge in [0.05, 0.1) is 16.7 Å². The van der Waals surface area contributed by atoms with Gasteiger partial charge in [0, 0.05) is 24.2 Å².